The number of benzene rings is 2. The fourth-order valence-electron chi connectivity index (χ4n) is 1.52. The number of nitriles is 1. The maximum absolute atomic E-state index is 8.85. The Bertz CT molecular complexity index is 531. The molecular formula is C14H12N2O. The molecule has 0 unspecified atom stereocenters. The molecular weight excluding hydrogens is 212 g/mol. The predicted octanol–water partition coefficient (Wildman–Crippen LogP) is 3.00. The Morgan fingerprint density at radius 2 is 1.65 bits per heavy atom. The lowest BCUT2D eigenvalue weighted by Crippen LogP contribution is -2.08. The van der Waals surface area contributed by atoms with Gasteiger partial charge in [-0.2, -0.15) is 5.26 Å². The van der Waals surface area contributed by atoms with Crippen molar-refractivity contribution in [1.29, 1.82) is 5.26 Å². The third kappa shape index (κ3) is 2.63. The van der Waals surface area contributed by atoms with Crippen molar-refractivity contribution in [2.24, 2.45) is 5.73 Å². The van der Waals surface area contributed by atoms with Crippen LogP contribution in [0.15, 0.2) is 54.6 Å². The van der Waals surface area contributed by atoms with Crippen LogP contribution in [-0.4, -0.2) is 0 Å². The molecule has 0 aliphatic rings. The van der Waals surface area contributed by atoms with Crippen molar-refractivity contribution in [3.63, 3.8) is 0 Å². The molecule has 0 saturated carbocycles. The van der Waals surface area contributed by atoms with Gasteiger partial charge in [-0.3, -0.25) is 0 Å². The van der Waals surface area contributed by atoms with Gasteiger partial charge in [-0.05, 0) is 18.2 Å². The third-order valence-corrected chi connectivity index (χ3v) is 2.36. The summed E-state index contributed by atoms with van der Waals surface area (Å²) in [6.45, 7) is 0. The van der Waals surface area contributed by atoms with Gasteiger partial charge in [0.05, 0.1) is 6.07 Å². The molecule has 0 aliphatic heterocycles. The fraction of sp³-hybridized carbons (Fsp3) is 0.0714. The first-order chi connectivity index (χ1) is 8.31. The average Bonchev–Trinajstić information content (AvgIpc) is 2.40. The van der Waals surface area contributed by atoms with Crippen molar-refractivity contribution in [3.05, 3.63) is 60.2 Å². The molecule has 0 spiro atoms. The lowest BCUT2D eigenvalue weighted by molar-refractivity contribution is 0.474. The summed E-state index contributed by atoms with van der Waals surface area (Å²) in [7, 11) is 0. The highest BCUT2D eigenvalue weighted by Crippen LogP contribution is 2.28. The smallest absolute Gasteiger partial charge is 0.133 e. The molecule has 0 aliphatic carbocycles. The number of hydrogen-bond donors (Lipinski definition) is 1. The topological polar surface area (TPSA) is 59.0 Å². The van der Waals surface area contributed by atoms with Crippen LogP contribution >= 0.6 is 0 Å². The summed E-state index contributed by atoms with van der Waals surface area (Å²) in [5.74, 6) is 1.35. The SMILES string of the molecule is N#C[C@@H](N)c1ccccc1Oc1ccccc1. The number of para-hydroxylation sites is 2. The molecule has 3 nitrogen and oxygen atoms in total. The van der Waals surface area contributed by atoms with E-state index in [1.54, 1.807) is 12.1 Å². The van der Waals surface area contributed by atoms with Crippen molar-refractivity contribution >= 4 is 0 Å². The minimum atomic E-state index is -0.671. The van der Waals surface area contributed by atoms with E-state index in [0.717, 1.165) is 5.75 Å². The van der Waals surface area contributed by atoms with Crippen LogP contribution in [0.1, 0.15) is 11.6 Å². The second-order valence-corrected chi connectivity index (χ2v) is 3.56. The number of nitrogens with two attached hydrogens (primary N) is 1. The van der Waals surface area contributed by atoms with E-state index in [-0.39, 0.29) is 0 Å². The first kappa shape index (κ1) is 11.2. The Kier molecular flexibility index (Phi) is 3.39. The lowest BCUT2D eigenvalue weighted by Gasteiger charge is -2.11. The van der Waals surface area contributed by atoms with E-state index in [9.17, 15) is 0 Å². The molecule has 0 radical (unpaired) electrons. The van der Waals surface area contributed by atoms with Gasteiger partial charge >= 0.3 is 0 Å². The van der Waals surface area contributed by atoms with Crippen LogP contribution in [0, 0.1) is 11.3 Å². The molecule has 0 amide bonds. The molecule has 2 aromatic rings. The Balaban J connectivity index is 2.31. The maximum atomic E-state index is 8.85. The molecule has 0 fully saturated rings. The quantitative estimate of drug-likeness (QED) is 0.871. The van der Waals surface area contributed by atoms with Gasteiger partial charge in [0.15, 0.2) is 0 Å². The monoisotopic (exact) mass is 224 g/mol. The van der Waals surface area contributed by atoms with Crippen molar-refractivity contribution < 1.29 is 4.74 Å². The zero-order valence-corrected chi connectivity index (χ0v) is 9.21. The van der Waals surface area contributed by atoms with Crippen molar-refractivity contribution in [2.75, 3.05) is 0 Å². The van der Waals surface area contributed by atoms with E-state index in [2.05, 4.69) is 0 Å². The first-order valence-corrected chi connectivity index (χ1v) is 5.28. The third-order valence-electron chi connectivity index (χ3n) is 2.36. The molecule has 17 heavy (non-hydrogen) atoms. The van der Waals surface area contributed by atoms with E-state index in [0.29, 0.717) is 11.3 Å². The second kappa shape index (κ2) is 5.15. The highest BCUT2D eigenvalue weighted by Gasteiger charge is 2.11. The molecule has 2 rings (SSSR count). The Labute approximate surface area is 100 Å². The molecule has 0 saturated heterocycles. The molecule has 1 atom stereocenters. The molecule has 84 valence electrons. The van der Waals surface area contributed by atoms with Crippen LogP contribution in [0.4, 0.5) is 0 Å². The van der Waals surface area contributed by atoms with Gasteiger partial charge in [0.1, 0.15) is 17.5 Å². The molecule has 0 heterocycles. The lowest BCUT2D eigenvalue weighted by atomic mass is 10.1. The van der Waals surface area contributed by atoms with Crippen molar-refractivity contribution in [2.45, 2.75) is 6.04 Å². The van der Waals surface area contributed by atoms with Crippen LogP contribution in [0.5, 0.6) is 11.5 Å². The van der Waals surface area contributed by atoms with Gasteiger partial charge < -0.3 is 10.5 Å². The number of rotatable bonds is 3. The van der Waals surface area contributed by atoms with Gasteiger partial charge in [-0.1, -0.05) is 36.4 Å². The average molecular weight is 224 g/mol. The summed E-state index contributed by atoms with van der Waals surface area (Å²) >= 11 is 0. The molecule has 3 heteroatoms. The van der Waals surface area contributed by atoms with Crippen LogP contribution in [-0.2, 0) is 0 Å². The Morgan fingerprint density at radius 3 is 2.35 bits per heavy atom. The van der Waals surface area contributed by atoms with Gasteiger partial charge in [0.2, 0.25) is 0 Å². The summed E-state index contributed by atoms with van der Waals surface area (Å²) in [5, 5.41) is 8.85. The van der Waals surface area contributed by atoms with Crippen molar-refractivity contribution in [3.8, 4) is 17.6 Å². The van der Waals surface area contributed by atoms with Gasteiger partial charge in [-0.25, -0.2) is 0 Å². The van der Waals surface area contributed by atoms with E-state index in [1.165, 1.54) is 0 Å². The minimum absolute atomic E-state index is 0.618. The fourth-order valence-corrected chi connectivity index (χ4v) is 1.52. The number of ether oxygens (including phenoxy) is 1. The van der Waals surface area contributed by atoms with Crippen LogP contribution in [0.3, 0.4) is 0 Å². The molecule has 0 aromatic heterocycles. The molecule has 2 N–H and O–H groups in total. The van der Waals surface area contributed by atoms with E-state index >= 15 is 0 Å². The maximum Gasteiger partial charge on any atom is 0.133 e. The van der Waals surface area contributed by atoms with Gasteiger partial charge in [0.25, 0.3) is 0 Å². The largest absolute Gasteiger partial charge is 0.457 e. The summed E-state index contributed by atoms with van der Waals surface area (Å²) < 4.78 is 5.70. The predicted molar refractivity (Wildman–Crippen MR) is 65.5 cm³/mol. The highest BCUT2D eigenvalue weighted by molar-refractivity contribution is 5.41. The summed E-state index contributed by atoms with van der Waals surface area (Å²) in [6, 6.07) is 18.0. The van der Waals surface area contributed by atoms with Crippen LogP contribution in [0.2, 0.25) is 0 Å². The second-order valence-electron chi connectivity index (χ2n) is 3.56. The van der Waals surface area contributed by atoms with Gasteiger partial charge in [0, 0.05) is 5.56 Å². The van der Waals surface area contributed by atoms with Crippen LogP contribution < -0.4 is 10.5 Å². The molecule has 2 aromatic carbocycles. The first-order valence-electron chi connectivity index (χ1n) is 5.28. The van der Waals surface area contributed by atoms with E-state index < -0.39 is 6.04 Å². The van der Waals surface area contributed by atoms with E-state index in [4.69, 9.17) is 15.7 Å². The standard InChI is InChI=1S/C14H12N2O/c15-10-13(16)12-8-4-5-9-14(12)17-11-6-2-1-3-7-11/h1-9,13H,16H2/t13-/m1/s1. The van der Waals surface area contributed by atoms with Crippen molar-refractivity contribution in [1.82, 2.24) is 0 Å². The van der Waals surface area contributed by atoms with Crippen LogP contribution in [0.25, 0.3) is 0 Å². The van der Waals surface area contributed by atoms with Gasteiger partial charge in [-0.15, -0.1) is 0 Å². The highest BCUT2D eigenvalue weighted by atomic mass is 16.5. The number of hydrogen-bond acceptors (Lipinski definition) is 3. The normalized spacial score (nSPS) is 11.5. The summed E-state index contributed by atoms with van der Waals surface area (Å²) in [5.41, 5.74) is 6.40. The van der Waals surface area contributed by atoms with E-state index in [1.807, 2.05) is 48.5 Å². The summed E-state index contributed by atoms with van der Waals surface area (Å²) in [4.78, 5) is 0. The molecule has 0 bridgehead atoms. The Hall–Kier alpha value is -2.31. The minimum Gasteiger partial charge on any atom is -0.457 e. The zero-order valence-electron chi connectivity index (χ0n) is 9.21. The Morgan fingerprint density at radius 1 is 1.00 bits per heavy atom. The summed E-state index contributed by atoms with van der Waals surface area (Å²) in [6.07, 6.45) is 0. The number of nitrogens with zero attached hydrogens (tertiary/aromatic N) is 1. The zero-order chi connectivity index (χ0) is 12.1.